The molecule has 0 radical (unpaired) electrons. The minimum absolute atomic E-state index is 0.105. The molecule has 1 aromatic heterocycles. The van der Waals surface area contributed by atoms with Gasteiger partial charge in [0.2, 0.25) is 10.0 Å². The molecule has 1 heterocycles. The molecule has 0 aliphatic carbocycles. The molecule has 2 atom stereocenters. The van der Waals surface area contributed by atoms with Crippen LogP contribution in [-0.4, -0.2) is 26.2 Å². The van der Waals surface area contributed by atoms with E-state index in [0.717, 1.165) is 0 Å². The smallest absolute Gasteiger partial charge is 0.240 e. The Bertz CT molecular complexity index is 726. The number of aliphatic hydroxyl groups is 1. The van der Waals surface area contributed by atoms with Crippen molar-refractivity contribution in [2.75, 3.05) is 6.61 Å². The van der Waals surface area contributed by atoms with Gasteiger partial charge in [-0.05, 0) is 48.7 Å². The van der Waals surface area contributed by atoms with Gasteiger partial charge >= 0.3 is 0 Å². The van der Waals surface area contributed by atoms with Crippen LogP contribution in [0, 0.1) is 5.92 Å². The summed E-state index contributed by atoms with van der Waals surface area (Å²) >= 11 is 5.80. The first-order valence-corrected chi connectivity index (χ1v) is 9.61. The van der Waals surface area contributed by atoms with Crippen molar-refractivity contribution < 1.29 is 17.9 Å². The van der Waals surface area contributed by atoms with E-state index in [4.69, 9.17) is 16.0 Å². The fraction of sp³-hybridized carbons (Fsp3) is 0.412. The van der Waals surface area contributed by atoms with Gasteiger partial charge in [0.15, 0.2) is 0 Å². The minimum Gasteiger partial charge on any atom is -0.469 e. The Morgan fingerprint density at radius 3 is 2.38 bits per heavy atom. The third-order valence-electron chi connectivity index (χ3n) is 3.75. The summed E-state index contributed by atoms with van der Waals surface area (Å²) in [5, 5.41) is 10.2. The van der Waals surface area contributed by atoms with E-state index in [-0.39, 0.29) is 17.4 Å². The van der Waals surface area contributed by atoms with Gasteiger partial charge in [0.25, 0.3) is 0 Å². The minimum atomic E-state index is -3.77. The summed E-state index contributed by atoms with van der Waals surface area (Å²) in [6.07, 6.45) is 2.23. The van der Waals surface area contributed by atoms with E-state index >= 15 is 0 Å². The van der Waals surface area contributed by atoms with Crippen molar-refractivity contribution in [3.8, 4) is 0 Å². The molecule has 0 spiro atoms. The van der Waals surface area contributed by atoms with Crippen molar-refractivity contribution >= 4 is 21.6 Å². The van der Waals surface area contributed by atoms with Crippen molar-refractivity contribution in [2.24, 2.45) is 5.92 Å². The quantitative estimate of drug-likeness (QED) is 0.745. The number of rotatable bonds is 8. The monoisotopic (exact) mass is 371 g/mol. The second-order valence-electron chi connectivity index (χ2n) is 6.12. The topological polar surface area (TPSA) is 79.5 Å². The molecule has 7 heteroatoms. The van der Waals surface area contributed by atoms with Gasteiger partial charge in [-0.1, -0.05) is 25.4 Å². The number of aliphatic hydroxyl groups excluding tert-OH is 1. The van der Waals surface area contributed by atoms with Crippen molar-refractivity contribution in [1.29, 1.82) is 0 Å². The maximum atomic E-state index is 12.6. The van der Waals surface area contributed by atoms with E-state index in [1.54, 1.807) is 18.4 Å². The van der Waals surface area contributed by atoms with Crippen LogP contribution < -0.4 is 4.72 Å². The number of sulfonamides is 1. The van der Waals surface area contributed by atoms with Gasteiger partial charge in [0.05, 0.1) is 23.8 Å². The first kappa shape index (κ1) is 19.0. The standard InChI is InChI=1S/C17H22ClNO4S/c1-12(2)10-15(17-4-3-9-23-17)16(11-20)19-24(21,22)14-7-5-13(18)6-8-14/h3-9,12,15-16,19-20H,10-11H2,1-2H3. The second-order valence-corrected chi connectivity index (χ2v) is 8.27. The van der Waals surface area contributed by atoms with Gasteiger partial charge in [-0.3, -0.25) is 0 Å². The summed E-state index contributed by atoms with van der Waals surface area (Å²) in [6, 6.07) is 8.77. The molecule has 0 aliphatic rings. The SMILES string of the molecule is CC(C)CC(c1ccco1)C(CO)NS(=O)(=O)c1ccc(Cl)cc1. The highest BCUT2D eigenvalue weighted by atomic mass is 35.5. The summed E-state index contributed by atoms with van der Waals surface area (Å²) in [4.78, 5) is 0.105. The summed E-state index contributed by atoms with van der Waals surface area (Å²) in [6.45, 7) is 3.75. The van der Waals surface area contributed by atoms with Crippen LogP contribution in [0.2, 0.25) is 5.02 Å². The lowest BCUT2D eigenvalue weighted by Gasteiger charge is -2.26. The lowest BCUT2D eigenvalue weighted by atomic mass is 9.89. The molecule has 2 rings (SSSR count). The van der Waals surface area contributed by atoms with Gasteiger partial charge in [0, 0.05) is 10.9 Å². The zero-order chi connectivity index (χ0) is 17.7. The number of benzene rings is 1. The fourth-order valence-corrected chi connectivity index (χ4v) is 4.01. The van der Waals surface area contributed by atoms with E-state index < -0.39 is 16.1 Å². The molecule has 2 unspecified atom stereocenters. The summed E-state index contributed by atoms with van der Waals surface area (Å²) in [5.74, 6) is 0.711. The van der Waals surface area contributed by atoms with Crippen molar-refractivity contribution in [2.45, 2.75) is 37.1 Å². The first-order valence-electron chi connectivity index (χ1n) is 7.75. The largest absolute Gasteiger partial charge is 0.469 e. The summed E-state index contributed by atoms with van der Waals surface area (Å²) in [7, 11) is -3.77. The first-order chi connectivity index (χ1) is 11.3. The van der Waals surface area contributed by atoms with Crippen LogP contribution in [0.4, 0.5) is 0 Å². The number of hydrogen-bond acceptors (Lipinski definition) is 4. The van der Waals surface area contributed by atoms with Gasteiger partial charge in [-0.15, -0.1) is 0 Å². The number of nitrogens with one attached hydrogen (secondary N) is 1. The highest BCUT2D eigenvalue weighted by Gasteiger charge is 2.30. The molecule has 0 bridgehead atoms. The van der Waals surface area contributed by atoms with Crippen LogP contribution in [0.3, 0.4) is 0 Å². The summed E-state index contributed by atoms with van der Waals surface area (Å²) < 4.78 is 33.2. The average molecular weight is 372 g/mol. The van der Waals surface area contributed by atoms with E-state index in [2.05, 4.69) is 4.72 Å². The van der Waals surface area contributed by atoms with Crippen molar-refractivity contribution in [3.05, 3.63) is 53.4 Å². The Labute approximate surface area is 147 Å². The second kappa shape index (κ2) is 8.16. The molecule has 2 aromatic rings. The van der Waals surface area contributed by atoms with Gasteiger partial charge in [0.1, 0.15) is 5.76 Å². The van der Waals surface area contributed by atoms with E-state index in [0.29, 0.717) is 23.1 Å². The molecule has 0 amide bonds. The van der Waals surface area contributed by atoms with Crippen LogP contribution >= 0.6 is 11.6 Å². The van der Waals surface area contributed by atoms with Crippen LogP contribution in [0.15, 0.2) is 52.0 Å². The van der Waals surface area contributed by atoms with Gasteiger partial charge in [-0.2, -0.15) is 0 Å². The van der Waals surface area contributed by atoms with Gasteiger partial charge in [-0.25, -0.2) is 13.1 Å². The van der Waals surface area contributed by atoms with Crippen LogP contribution in [0.25, 0.3) is 0 Å². The lowest BCUT2D eigenvalue weighted by Crippen LogP contribution is -2.42. The zero-order valence-corrected chi connectivity index (χ0v) is 15.2. The molecule has 0 fully saturated rings. The average Bonchev–Trinajstić information content (AvgIpc) is 3.05. The fourth-order valence-electron chi connectivity index (χ4n) is 2.62. The molecule has 1 aromatic carbocycles. The van der Waals surface area contributed by atoms with Crippen LogP contribution in [0.5, 0.6) is 0 Å². The third kappa shape index (κ3) is 4.83. The van der Waals surface area contributed by atoms with Crippen LogP contribution in [0.1, 0.15) is 31.9 Å². The molecule has 132 valence electrons. The Morgan fingerprint density at radius 2 is 1.88 bits per heavy atom. The summed E-state index contributed by atoms with van der Waals surface area (Å²) in [5.41, 5.74) is 0. The Balaban J connectivity index is 2.26. The number of furan rings is 1. The van der Waals surface area contributed by atoms with E-state index in [1.165, 1.54) is 24.3 Å². The molecular formula is C17H22ClNO4S. The third-order valence-corrected chi connectivity index (χ3v) is 5.50. The van der Waals surface area contributed by atoms with Crippen molar-refractivity contribution in [3.63, 3.8) is 0 Å². The predicted molar refractivity (Wildman–Crippen MR) is 93.6 cm³/mol. The molecule has 0 saturated carbocycles. The highest BCUT2D eigenvalue weighted by molar-refractivity contribution is 7.89. The molecule has 2 N–H and O–H groups in total. The molecule has 0 aliphatic heterocycles. The van der Waals surface area contributed by atoms with Crippen LogP contribution in [-0.2, 0) is 10.0 Å². The lowest BCUT2D eigenvalue weighted by molar-refractivity contribution is 0.218. The number of hydrogen-bond donors (Lipinski definition) is 2. The predicted octanol–water partition coefficient (Wildman–Crippen LogP) is 3.40. The molecule has 5 nitrogen and oxygen atoms in total. The van der Waals surface area contributed by atoms with E-state index in [9.17, 15) is 13.5 Å². The number of halogens is 1. The molecular weight excluding hydrogens is 350 g/mol. The van der Waals surface area contributed by atoms with E-state index in [1.807, 2.05) is 13.8 Å². The zero-order valence-electron chi connectivity index (χ0n) is 13.6. The normalized spacial score (nSPS) is 14.7. The van der Waals surface area contributed by atoms with Crippen molar-refractivity contribution in [1.82, 2.24) is 4.72 Å². The molecule has 0 saturated heterocycles. The highest BCUT2D eigenvalue weighted by Crippen LogP contribution is 2.28. The maximum absolute atomic E-state index is 12.6. The molecule has 24 heavy (non-hydrogen) atoms. The maximum Gasteiger partial charge on any atom is 0.240 e. The Kier molecular flexibility index (Phi) is 6.46. The Hall–Kier alpha value is -1.34. The Morgan fingerprint density at radius 1 is 1.21 bits per heavy atom. The van der Waals surface area contributed by atoms with Gasteiger partial charge < -0.3 is 9.52 Å².